The Morgan fingerprint density at radius 3 is 2.09 bits per heavy atom. The van der Waals surface area contributed by atoms with E-state index in [4.69, 9.17) is 19.5 Å². The molecule has 0 aromatic rings. The molecule has 1 atom stereocenters. The number of hydrogen-bond acceptors (Lipinski definition) is 6. The van der Waals surface area contributed by atoms with Crippen molar-refractivity contribution in [2.24, 2.45) is 0 Å². The number of ether oxygens (including phenoxy) is 3. The van der Waals surface area contributed by atoms with Crippen molar-refractivity contribution in [1.82, 2.24) is 0 Å². The van der Waals surface area contributed by atoms with E-state index in [2.05, 4.69) is 18.7 Å². The molecular weight excluding hydrogens is 314 g/mol. The van der Waals surface area contributed by atoms with Crippen molar-refractivity contribution in [2.75, 3.05) is 19.8 Å². The number of nitrogens with zero attached hydrogens (tertiary/aromatic N) is 1. The van der Waals surface area contributed by atoms with E-state index in [0.717, 1.165) is 45.3 Å². The summed E-state index contributed by atoms with van der Waals surface area (Å²) in [7, 11) is 0. The summed E-state index contributed by atoms with van der Waals surface area (Å²) in [5.41, 5.74) is 0. The molecule has 23 heavy (non-hydrogen) atoms. The molecule has 0 saturated carbocycles. The summed E-state index contributed by atoms with van der Waals surface area (Å²) in [6.45, 7) is 9.46. The second-order valence-electron chi connectivity index (χ2n) is 4.86. The molecule has 136 valence electrons. The van der Waals surface area contributed by atoms with E-state index in [-0.39, 0.29) is 17.5 Å². The van der Waals surface area contributed by atoms with Crippen molar-refractivity contribution in [3.63, 3.8) is 0 Å². The lowest BCUT2D eigenvalue weighted by molar-refractivity contribution is -0.142. The SMILES string of the molecule is CCOC(=O)C(S)CCCCCCC#N.CCOC(C)OCC. The van der Waals surface area contributed by atoms with E-state index in [1.807, 2.05) is 20.8 Å². The molecule has 0 amide bonds. The average molecular weight is 348 g/mol. The van der Waals surface area contributed by atoms with E-state index in [0.29, 0.717) is 13.0 Å². The minimum Gasteiger partial charge on any atom is -0.465 e. The van der Waals surface area contributed by atoms with Gasteiger partial charge in [-0.25, -0.2) is 0 Å². The van der Waals surface area contributed by atoms with Crippen LogP contribution in [0.15, 0.2) is 0 Å². The van der Waals surface area contributed by atoms with Gasteiger partial charge in [-0.05, 0) is 40.5 Å². The van der Waals surface area contributed by atoms with Crippen molar-refractivity contribution >= 4 is 18.6 Å². The molecule has 0 saturated heterocycles. The van der Waals surface area contributed by atoms with Crippen LogP contribution >= 0.6 is 12.6 Å². The zero-order valence-corrected chi connectivity index (χ0v) is 15.9. The standard InChI is InChI=1S/C11H19NO2S.C6H14O2/c1-2-14-11(13)10(15)8-6-4-3-5-7-9-12;1-4-7-6(3)8-5-2/h10,15H,2-8H2,1H3;6H,4-5H2,1-3H3. The van der Waals surface area contributed by atoms with Crippen LogP contribution < -0.4 is 0 Å². The van der Waals surface area contributed by atoms with Crippen LogP contribution in [0.4, 0.5) is 0 Å². The van der Waals surface area contributed by atoms with E-state index < -0.39 is 0 Å². The van der Waals surface area contributed by atoms with Gasteiger partial charge in [0.1, 0.15) is 0 Å². The lowest BCUT2D eigenvalue weighted by atomic mass is 10.1. The molecule has 0 spiro atoms. The third-order valence-corrected chi connectivity index (χ3v) is 3.35. The van der Waals surface area contributed by atoms with Crippen molar-refractivity contribution in [3.05, 3.63) is 0 Å². The van der Waals surface area contributed by atoms with Gasteiger partial charge >= 0.3 is 5.97 Å². The molecule has 0 aliphatic carbocycles. The first-order valence-electron chi connectivity index (χ1n) is 8.48. The topological polar surface area (TPSA) is 68.6 Å². The van der Waals surface area contributed by atoms with Crippen molar-refractivity contribution in [1.29, 1.82) is 5.26 Å². The highest BCUT2D eigenvalue weighted by Gasteiger charge is 2.13. The maximum absolute atomic E-state index is 11.2. The molecule has 6 heteroatoms. The van der Waals surface area contributed by atoms with Gasteiger partial charge in [0, 0.05) is 19.6 Å². The Morgan fingerprint density at radius 1 is 1.04 bits per heavy atom. The molecule has 0 rings (SSSR count). The third kappa shape index (κ3) is 19.2. The van der Waals surface area contributed by atoms with Gasteiger partial charge in [0.2, 0.25) is 0 Å². The molecule has 0 bridgehead atoms. The Balaban J connectivity index is 0. The minimum absolute atomic E-state index is 0.0370. The van der Waals surface area contributed by atoms with Crippen LogP contribution in [0.5, 0.6) is 0 Å². The van der Waals surface area contributed by atoms with Gasteiger partial charge in [0.25, 0.3) is 0 Å². The highest BCUT2D eigenvalue weighted by atomic mass is 32.1. The van der Waals surface area contributed by atoms with Crippen LogP contribution in [0.1, 0.15) is 66.2 Å². The number of thiol groups is 1. The van der Waals surface area contributed by atoms with Crippen molar-refractivity contribution < 1.29 is 19.0 Å². The number of nitriles is 1. The van der Waals surface area contributed by atoms with Gasteiger partial charge in [-0.3, -0.25) is 4.79 Å². The first kappa shape index (κ1) is 24.5. The Labute approximate surface area is 147 Å². The molecule has 0 N–H and O–H groups in total. The summed E-state index contributed by atoms with van der Waals surface area (Å²) in [5, 5.41) is 8.03. The fourth-order valence-corrected chi connectivity index (χ4v) is 2.03. The van der Waals surface area contributed by atoms with Crippen LogP contribution in [0, 0.1) is 11.3 Å². The van der Waals surface area contributed by atoms with Gasteiger partial charge in [-0.1, -0.05) is 19.3 Å². The molecule has 0 fully saturated rings. The second-order valence-corrected chi connectivity index (χ2v) is 5.48. The molecule has 1 unspecified atom stereocenters. The molecule has 5 nitrogen and oxygen atoms in total. The average Bonchev–Trinajstić information content (AvgIpc) is 2.52. The van der Waals surface area contributed by atoms with Gasteiger partial charge in [0.05, 0.1) is 17.9 Å². The van der Waals surface area contributed by atoms with Crippen LogP contribution in [-0.2, 0) is 19.0 Å². The normalized spacial score (nSPS) is 11.3. The molecule has 0 heterocycles. The van der Waals surface area contributed by atoms with E-state index in [9.17, 15) is 4.79 Å². The zero-order chi connectivity index (χ0) is 17.9. The number of carbonyl (C=O) groups excluding carboxylic acids is 1. The predicted octanol–water partition coefficient (Wildman–Crippen LogP) is 4.12. The monoisotopic (exact) mass is 347 g/mol. The molecule has 0 aliphatic rings. The zero-order valence-electron chi connectivity index (χ0n) is 15.0. The molecule has 0 aliphatic heterocycles. The molecule has 0 aromatic heterocycles. The van der Waals surface area contributed by atoms with Crippen LogP contribution in [-0.4, -0.2) is 37.3 Å². The first-order chi connectivity index (χ1) is 11.0. The van der Waals surface area contributed by atoms with Crippen molar-refractivity contribution in [3.8, 4) is 6.07 Å². The maximum Gasteiger partial charge on any atom is 0.318 e. The fraction of sp³-hybridized carbons (Fsp3) is 0.882. The van der Waals surface area contributed by atoms with E-state index >= 15 is 0 Å². The third-order valence-electron chi connectivity index (χ3n) is 2.88. The van der Waals surface area contributed by atoms with Crippen LogP contribution in [0.2, 0.25) is 0 Å². The van der Waals surface area contributed by atoms with Crippen molar-refractivity contribution in [2.45, 2.75) is 77.8 Å². The van der Waals surface area contributed by atoms with Gasteiger partial charge in [-0.15, -0.1) is 0 Å². The summed E-state index contributed by atoms with van der Waals surface area (Å²) < 4.78 is 15.0. The van der Waals surface area contributed by atoms with Gasteiger partial charge in [-0.2, -0.15) is 17.9 Å². The largest absolute Gasteiger partial charge is 0.465 e. The summed E-state index contributed by atoms with van der Waals surface area (Å²) in [6, 6.07) is 2.11. The van der Waals surface area contributed by atoms with Crippen LogP contribution in [0.25, 0.3) is 0 Å². The summed E-state index contributed by atoms with van der Waals surface area (Å²) >= 11 is 4.18. The summed E-state index contributed by atoms with van der Waals surface area (Å²) in [6.07, 6.45) is 5.38. The number of unbranched alkanes of at least 4 members (excludes halogenated alkanes) is 4. The molecular formula is C17H33NO4S. The lowest BCUT2D eigenvalue weighted by Crippen LogP contribution is -2.17. The maximum atomic E-state index is 11.2. The second kappa shape index (κ2) is 19.3. The van der Waals surface area contributed by atoms with Gasteiger partial charge in [0.15, 0.2) is 6.29 Å². The predicted molar refractivity (Wildman–Crippen MR) is 95.4 cm³/mol. The minimum atomic E-state index is -0.291. The van der Waals surface area contributed by atoms with Gasteiger partial charge < -0.3 is 14.2 Å². The highest BCUT2D eigenvalue weighted by Crippen LogP contribution is 2.11. The molecule has 0 aromatic carbocycles. The smallest absolute Gasteiger partial charge is 0.318 e. The quantitative estimate of drug-likeness (QED) is 0.249. The Hall–Kier alpha value is -0.770. The van der Waals surface area contributed by atoms with E-state index in [1.54, 1.807) is 6.92 Å². The number of hydrogen-bond donors (Lipinski definition) is 1. The first-order valence-corrected chi connectivity index (χ1v) is 8.99. The van der Waals surface area contributed by atoms with E-state index in [1.165, 1.54) is 0 Å². The summed E-state index contributed by atoms with van der Waals surface area (Å²) in [5.74, 6) is -0.224. The lowest BCUT2D eigenvalue weighted by Gasteiger charge is -2.09. The number of carbonyl (C=O) groups is 1. The Morgan fingerprint density at radius 2 is 1.61 bits per heavy atom. The Bertz CT molecular complexity index is 301. The summed E-state index contributed by atoms with van der Waals surface area (Å²) in [4.78, 5) is 11.2. The number of rotatable bonds is 12. The highest BCUT2D eigenvalue weighted by molar-refractivity contribution is 7.81. The fourth-order valence-electron chi connectivity index (χ4n) is 1.77. The molecule has 0 radical (unpaired) electrons. The van der Waals surface area contributed by atoms with Crippen LogP contribution in [0.3, 0.4) is 0 Å². The number of esters is 1. The Kier molecular flexibility index (Phi) is 20.5.